The van der Waals surface area contributed by atoms with E-state index in [9.17, 15) is 4.79 Å². The zero-order valence-corrected chi connectivity index (χ0v) is 12.7. The molecular formula is C16H26N2O2. The fourth-order valence-corrected chi connectivity index (χ4v) is 2.82. The van der Waals surface area contributed by atoms with Gasteiger partial charge in [0.2, 0.25) is 0 Å². The van der Waals surface area contributed by atoms with Crippen molar-refractivity contribution in [3.63, 3.8) is 0 Å². The van der Waals surface area contributed by atoms with E-state index in [2.05, 4.69) is 18.9 Å². The summed E-state index contributed by atoms with van der Waals surface area (Å²) in [4.78, 5) is 12.0. The molecule has 0 N–H and O–H groups in total. The van der Waals surface area contributed by atoms with Gasteiger partial charge in [0.15, 0.2) is 0 Å². The Balaban J connectivity index is 1.78. The van der Waals surface area contributed by atoms with E-state index in [4.69, 9.17) is 4.74 Å². The van der Waals surface area contributed by atoms with Gasteiger partial charge in [-0.15, -0.1) is 0 Å². The summed E-state index contributed by atoms with van der Waals surface area (Å²) >= 11 is 0. The van der Waals surface area contributed by atoms with Gasteiger partial charge in [0.25, 0.3) is 0 Å². The van der Waals surface area contributed by atoms with E-state index >= 15 is 0 Å². The van der Waals surface area contributed by atoms with E-state index in [1.165, 1.54) is 0 Å². The fraction of sp³-hybridized carbons (Fsp3) is 0.750. The highest BCUT2D eigenvalue weighted by Gasteiger charge is 2.17. The van der Waals surface area contributed by atoms with Crippen LogP contribution in [0, 0.1) is 0 Å². The Bertz CT molecular complexity index is 418. The van der Waals surface area contributed by atoms with Gasteiger partial charge in [0, 0.05) is 19.2 Å². The van der Waals surface area contributed by atoms with Crippen molar-refractivity contribution in [1.82, 2.24) is 9.78 Å². The molecule has 1 aliphatic heterocycles. The van der Waals surface area contributed by atoms with Crippen molar-refractivity contribution < 1.29 is 9.53 Å². The van der Waals surface area contributed by atoms with Crippen LogP contribution in [0.5, 0.6) is 0 Å². The Morgan fingerprint density at radius 1 is 1.50 bits per heavy atom. The van der Waals surface area contributed by atoms with Crippen LogP contribution in [-0.2, 0) is 16.0 Å². The first-order valence-corrected chi connectivity index (χ1v) is 7.90. The van der Waals surface area contributed by atoms with Crippen LogP contribution in [0.1, 0.15) is 64.1 Å². The zero-order chi connectivity index (χ0) is 14.4. The van der Waals surface area contributed by atoms with Gasteiger partial charge < -0.3 is 4.74 Å². The molecule has 1 unspecified atom stereocenters. The van der Waals surface area contributed by atoms with Gasteiger partial charge in [-0.05, 0) is 38.2 Å². The zero-order valence-electron chi connectivity index (χ0n) is 12.7. The topological polar surface area (TPSA) is 44.1 Å². The molecule has 2 heterocycles. The van der Waals surface area contributed by atoms with E-state index < -0.39 is 0 Å². The highest BCUT2D eigenvalue weighted by molar-refractivity contribution is 5.80. The fourth-order valence-electron chi connectivity index (χ4n) is 2.82. The number of Topliss-reactive ketones (excluding diaryl/α,β-unsaturated/α-hetero) is 1. The Labute approximate surface area is 121 Å². The number of rotatable bonds is 8. The number of ketones is 1. The van der Waals surface area contributed by atoms with Crippen molar-refractivity contribution in [2.75, 3.05) is 6.61 Å². The van der Waals surface area contributed by atoms with Crippen LogP contribution >= 0.6 is 0 Å². The van der Waals surface area contributed by atoms with Gasteiger partial charge in [-0.3, -0.25) is 9.48 Å². The quantitative estimate of drug-likeness (QED) is 0.732. The number of hydrogen-bond acceptors (Lipinski definition) is 3. The molecule has 0 aromatic carbocycles. The van der Waals surface area contributed by atoms with E-state index in [-0.39, 0.29) is 5.78 Å². The molecule has 0 spiro atoms. The number of aromatic nitrogens is 2. The Morgan fingerprint density at radius 2 is 2.30 bits per heavy atom. The molecular weight excluding hydrogens is 252 g/mol. The molecule has 20 heavy (non-hydrogen) atoms. The van der Waals surface area contributed by atoms with Gasteiger partial charge in [-0.25, -0.2) is 0 Å². The van der Waals surface area contributed by atoms with Crippen LogP contribution in [0.2, 0.25) is 0 Å². The lowest BCUT2D eigenvalue weighted by molar-refractivity contribution is -0.119. The Morgan fingerprint density at radius 3 is 2.95 bits per heavy atom. The molecule has 1 atom stereocenters. The molecule has 0 bridgehead atoms. The minimum atomic E-state index is 0.273. The minimum absolute atomic E-state index is 0.273. The largest absolute Gasteiger partial charge is 0.378 e. The summed E-state index contributed by atoms with van der Waals surface area (Å²) in [5.74, 6) is 0.273. The number of ether oxygens (including phenoxy) is 1. The van der Waals surface area contributed by atoms with Crippen molar-refractivity contribution in [1.29, 1.82) is 0 Å². The van der Waals surface area contributed by atoms with Gasteiger partial charge in [-0.2, -0.15) is 5.10 Å². The van der Waals surface area contributed by atoms with Crippen molar-refractivity contribution in [3.8, 4) is 0 Å². The smallest absolute Gasteiger partial charge is 0.139 e. The third-order valence-electron chi connectivity index (χ3n) is 4.13. The molecule has 112 valence electrons. The van der Waals surface area contributed by atoms with E-state index in [0.29, 0.717) is 25.0 Å². The third kappa shape index (κ3) is 4.17. The summed E-state index contributed by atoms with van der Waals surface area (Å²) < 4.78 is 7.55. The van der Waals surface area contributed by atoms with Crippen LogP contribution in [0.15, 0.2) is 12.3 Å². The average Bonchev–Trinajstić information content (AvgIpc) is 3.10. The summed E-state index contributed by atoms with van der Waals surface area (Å²) in [7, 11) is 0. The summed E-state index contributed by atoms with van der Waals surface area (Å²) in [6.45, 7) is 5.20. The van der Waals surface area contributed by atoms with Crippen LogP contribution in [0.25, 0.3) is 0 Å². The van der Waals surface area contributed by atoms with E-state index in [0.717, 1.165) is 44.4 Å². The van der Waals surface area contributed by atoms with Crippen LogP contribution < -0.4 is 0 Å². The third-order valence-corrected chi connectivity index (χ3v) is 4.13. The number of carbonyl (C=O) groups is 1. The summed E-state index contributed by atoms with van der Waals surface area (Å²) in [5, 5.41) is 4.54. The molecule has 0 amide bonds. The Hall–Kier alpha value is -1.16. The molecule has 0 radical (unpaired) electrons. The first kappa shape index (κ1) is 15.2. The van der Waals surface area contributed by atoms with Gasteiger partial charge in [-0.1, -0.05) is 13.8 Å². The standard InChI is InChI=1S/C16H26N2O2/c1-3-14(4-2)18-10-9-13(17-18)12-15(19)7-8-16-6-5-11-20-16/h9-10,14,16H,3-8,11-12H2,1-2H3. The van der Waals surface area contributed by atoms with Crippen molar-refractivity contribution in [2.45, 2.75) is 70.9 Å². The average molecular weight is 278 g/mol. The second-order valence-corrected chi connectivity index (χ2v) is 5.65. The highest BCUT2D eigenvalue weighted by atomic mass is 16.5. The maximum Gasteiger partial charge on any atom is 0.139 e. The number of carbonyl (C=O) groups excluding carboxylic acids is 1. The normalized spacial score (nSPS) is 18.9. The first-order valence-electron chi connectivity index (χ1n) is 7.90. The molecule has 2 rings (SSSR count). The van der Waals surface area contributed by atoms with Gasteiger partial charge in [0.1, 0.15) is 5.78 Å². The maximum atomic E-state index is 12.0. The number of nitrogens with zero attached hydrogens (tertiary/aromatic N) is 2. The SMILES string of the molecule is CCC(CC)n1ccc(CC(=O)CCC2CCCO2)n1. The van der Waals surface area contributed by atoms with Gasteiger partial charge in [0.05, 0.1) is 24.3 Å². The Kier molecular flexibility index (Phi) is 5.77. The lowest BCUT2D eigenvalue weighted by Gasteiger charge is -2.12. The molecule has 1 saturated heterocycles. The molecule has 1 aliphatic rings. The predicted octanol–water partition coefficient (Wildman–Crippen LogP) is 3.32. The lowest BCUT2D eigenvalue weighted by Crippen LogP contribution is -2.11. The minimum Gasteiger partial charge on any atom is -0.378 e. The van der Waals surface area contributed by atoms with Crippen LogP contribution in [-0.4, -0.2) is 28.3 Å². The molecule has 1 aromatic rings. The molecule has 4 heteroatoms. The van der Waals surface area contributed by atoms with E-state index in [1.807, 2.05) is 16.9 Å². The monoisotopic (exact) mass is 278 g/mol. The van der Waals surface area contributed by atoms with Crippen LogP contribution in [0.3, 0.4) is 0 Å². The molecule has 1 fully saturated rings. The summed E-state index contributed by atoms with van der Waals surface area (Å²) in [5.41, 5.74) is 0.897. The summed E-state index contributed by atoms with van der Waals surface area (Å²) in [6, 6.07) is 2.42. The summed E-state index contributed by atoms with van der Waals surface area (Å²) in [6.07, 6.45) is 8.64. The predicted molar refractivity (Wildman–Crippen MR) is 78.8 cm³/mol. The van der Waals surface area contributed by atoms with Crippen molar-refractivity contribution >= 4 is 5.78 Å². The maximum absolute atomic E-state index is 12.0. The van der Waals surface area contributed by atoms with Crippen molar-refractivity contribution in [2.24, 2.45) is 0 Å². The second-order valence-electron chi connectivity index (χ2n) is 5.65. The first-order chi connectivity index (χ1) is 9.72. The molecule has 1 aromatic heterocycles. The van der Waals surface area contributed by atoms with Crippen molar-refractivity contribution in [3.05, 3.63) is 18.0 Å². The lowest BCUT2D eigenvalue weighted by atomic mass is 10.1. The molecule has 4 nitrogen and oxygen atoms in total. The molecule has 0 saturated carbocycles. The van der Waals surface area contributed by atoms with Crippen LogP contribution in [0.4, 0.5) is 0 Å². The highest BCUT2D eigenvalue weighted by Crippen LogP contribution is 2.18. The second kappa shape index (κ2) is 7.58. The van der Waals surface area contributed by atoms with E-state index in [1.54, 1.807) is 0 Å². The number of hydrogen-bond donors (Lipinski definition) is 0. The molecule has 0 aliphatic carbocycles. The van der Waals surface area contributed by atoms with Gasteiger partial charge >= 0.3 is 0 Å².